The number of benzene rings is 10. The summed E-state index contributed by atoms with van der Waals surface area (Å²) in [5.41, 5.74) is 13.9. The van der Waals surface area contributed by atoms with Gasteiger partial charge in [-0.25, -0.2) is 0 Å². The highest BCUT2D eigenvalue weighted by Crippen LogP contribution is 2.44. The van der Waals surface area contributed by atoms with E-state index in [0.717, 1.165) is 45.3 Å². The fourth-order valence-electron chi connectivity index (χ4n) is 9.14. The number of hydrogen-bond acceptors (Lipinski definition) is 4. The molecule has 0 atom stereocenters. The molecular formula is C62H42N2S2. The maximum Gasteiger partial charge on any atom is 0.0468 e. The molecule has 312 valence electrons. The molecule has 2 aromatic heterocycles. The molecule has 10 aromatic carbocycles. The molecule has 0 N–H and O–H groups in total. The van der Waals surface area contributed by atoms with Crippen molar-refractivity contribution in [3.05, 3.63) is 254 Å². The minimum atomic E-state index is 1.11. The van der Waals surface area contributed by atoms with Crippen LogP contribution in [0, 0.1) is 0 Å². The van der Waals surface area contributed by atoms with Gasteiger partial charge in [0.25, 0.3) is 0 Å². The van der Waals surface area contributed by atoms with Crippen LogP contribution in [0.2, 0.25) is 0 Å². The predicted molar refractivity (Wildman–Crippen MR) is 288 cm³/mol. The summed E-state index contributed by atoms with van der Waals surface area (Å²) < 4.78 is 5.18. The van der Waals surface area contributed by atoms with Crippen LogP contribution in [0.3, 0.4) is 0 Å². The minimum Gasteiger partial charge on any atom is -0.310 e. The normalized spacial score (nSPS) is 11.6. The highest BCUT2D eigenvalue weighted by atomic mass is 32.1. The van der Waals surface area contributed by atoms with Crippen LogP contribution in [0.25, 0.3) is 74.8 Å². The lowest BCUT2D eigenvalue weighted by atomic mass is 10.0. The Morgan fingerprint density at radius 1 is 0.242 bits per heavy atom. The number of thiophene rings is 2. The molecule has 2 heterocycles. The van der Waals surface area contributed by atoms with Crippen molar-refractivity contribution < 1.29 is 0 Å². The van der Waals surface area contributed by atoms with Gasteiger partial charge in [-0.15, -0.1) is 22.7 Å². The summed E-state index contributed by atoms with van der Waals surface area (Å²) in [5, 5.41) is 5.13. The third-order valence-corrected chi connectivity index (χ3v) is 14.7. The van der Waals surface area contributed by atoms with E-state index in [1.807, 2.05) is 22.7 Å². The van der Waals surface area contributed by atoms with Crippen molar-refractivity contribution in [1.82, 2.24) is 0 Å². The molecule has 0 saturated carbocycles. The Hall–Kier alpha value is -8.02. The van der Waals surface area contributed by atoms with Crippen LogP contribution >= 0.6 is 22.7 Å². The molecule has 4 heteroatoms. The Morgan fingerprint density at radius 3 is 0.924 bits per heavy atom. The van der Waals surface area contributed by atoms with Gasteiger partial charge in [-0.05, 0) is 143 Å². The lowest BCUT2D eigenvalue weighted by molar-refractivity contribution is 1.29. The Morgan fingerprint density at radius 2 is 0.545 bits per heavy atom. The van der Waals surface area contributed by atoms with Crippen LogP contribution in [-0.2, 0) is 0 Å². The van der Waals surface area contributed by atoms with Gasteiger partial charge in [-0.3, -0.25) is 0 Å². The van der Waals surface area contributed by atoms with E-state index in [4.69, 9.17) is 0 Å². The van der Waals surface area contributed by atoms with Gasteiger partial charge in [0.05, 0.1) is 0 Å². The quantitative estimate of drug-likeness (QED) is 0.126. The van der Waals surface area contributed by atoms with Crippen molar-refractivity contribution >= 4 is 109 Å². The average Bonchev–Trinajstić information content (AvgIpc) is 3.95. The SMILES string of the molecule is C(=C\c1ccc(N(c2ccccc2)c2ccc3sc4ccc(-c5ccccc5)cc4c3c2)cc1)/c1ccc(N(c2ccccc2)c2ccc3sc4ccc(-c5ccccc5)cc4c3c2)cc1. The zero-order valence-electron chi connectivity index (χ0n) is 36.0. The largest absolute Gasteiger partial charge is 0.310 e. The number of fused-ring (bicyclic) bond motifs is 6. The van der Waals surface area contributed by atoms with Crippen molar-refractivity contribution in [3.8, 4) is 22.3 Å². The number of nitrogens with zero attached hydrogens (tertiary/aromatic N) is 2. The first-order valence-electron chi connectivity index (χ1n) is 22.3. The molecule has 0 unspecified atom stereocenters. The maximum atomic E-state index is 2.36. The van der Waals surface area contributed by atoms with Gasteiger partial charge in [0.2, 0.25) is 0 Å². The number of para-hydroxylation sites is 2. The summed E-state index contributed by atoms with van der Waals surface area (Å²) in [6.07, 6.45) is 4.40. The van der Waals surface area contributed by atoms with Gasteiger partial charge in [0.15, 0.2) is 0 Å². The lowest BCUT2D eigenvalue weighted by Crippen LogP contribution is -2.09. The minimum absolute atomic E-state index is 1.11. The van der Waals surface area contributed by atoms with Gasteiger partial charge >= 0.3 is 0 Å². The molecule has 0 amide bonds. The first kappa shape index (κ1) is 39.6. The van der Waals surface area contributed by atoms with Crippen molar-refractivity contribution in [2.24, 2.45) is 0 Å². The Bertz CT molecular complexity index is 3420. The van der Waals surface area contributed by atoms with E-state index < -0.39 is 0 Å². The second kappa shape index (κ2) is 17.2. The summed E-state index contributed by atoms with van der Waals surface area (Å²) in [5.74, 6) is 0. The van der Waals surface area contributed by atoms with E-state index in [-0.39, 0.29) is 0 Å². The van der Waals surface area contributed by atoms with E-state index in [1.54, 1.807) is 0 Å². The maximum absolute atomic E-state index is 2.36. The zero-order chi connectivity index (χ0) is 43.8. The molecule has 0 aliphatic heterocycles. The van der Waals surface area contributed by atoms with Gasteiger partial charge in [0, 0.05) is 74.5 Å². The van der Waals surface area contributed by atoms with Crippen LogP contribution in [-0.4, -0.2) is 0 Å². The smallest absolute Gasteiger partial charge is 0.0468 e. The molecular weight excluding hydrogens is 837 g/mol. The van der Waals surface area contributed by atoms with E-state index in [1.165, 1.54) is 62.6 Å². The van der Waals surface area contributed by atoms with Gasteiger partial charge in [-0.2, -0.15) is 0 Å². The van der Waals surface area contributed by atoms with Gasteiger partial charge in [-0.1, -0.05) is 146 Å². The van der Waals surface area contributed by atoms with Gasteiger partial charge in [0.1, 0.15) is 0 Å². The summed E-state index contributed by atoms with van der Waals surface area (Å²) in [6, 6.07) is 87.9. The number of anilines is 6. The summed E-state index contributed by atoms with van der Waals surface area (Å²) >= 11 is 3.71. The predicted octanol–water partition coefficient (Wildman–Crippen LogP) is 18.9. The molecule has 0 aliphatic carbocycles. The molecule has 12 aromatic rings. The van der Waals surface area contributed by atoms with Gasteiger partial charge < -0.3 is 9.80 Å². The molecule has 0 radical (unpaired) electrons. The molecule has 0 fully saturated rings. The number of hydrogen-bond donors (Lipinski definition) is 0. The van der Waals surface area contributed by atoms with E-state index in [2.05, 4.69) is 265 Å². The monoisotopic (exact) mass is 878 g/mol. The number of rotatable bonds is 10. The molecule has 66 heavy (non-hydrogen) atoms. The fraction of sp³-hybridized carbons (Fsp3) is 0. The molecule has 0 saturated heterocycles. The third kappa shape index (κ3) is 7.62. The fourth-order valence-corrected chi connectivity index (χ4v) is 11.3. The van der Waals surface area contributed by atoms with E-state index in [0.29, 0.717) is 0 Å². The van der Waals surface area contributed by atoms with Crippen molar-refractivity contribution in [3.63, 3.8) is 0 Å². The van der Waals surface area contributed by atoms with Crippen molar-refractivity contribution in [1.29, 1.82) is 0 Å². The average molecular weight is 879 g/mol. The van der Waals surface area contributed by atoms with Crippen LogP contribution in [0.4, 0.5) is 34.1 Å². The molecule has 0 bridgehead atoms. The van der Waals surface area contributed by atoms with Crippen LogP contribution < -0.4 is 9.80 Å². The molecule has 0 spiro atoms. The van der Waals surface area contributed by atoms with Crippen LogP contribution in [0.1, 0.15) is 11.1 Å². The molecule has 0 aliphatic rings. The van der Waals surface area contributed by atoms with Crippen LogP contribution in [0.15, 0.2) is 243 Å². The van der Waals surface area contributed by atoms with E-state index >= 15 is 0 Å². The summed E-state index contributed by atoms with van der Waals surface area (Å²) in [7, 11) is 0. The topological polar surface area (TPSA) is 6.48 Å². The van der Waals surface area contributed by atoms with Crippen LogP contribution in [0.5, 0.6) is 0 Å². The summed E-state index contributed by atoms with van der Waals surface area (Å²) in [4.78, 5) is 4.71. The Balaban J connectivity index is 0.831. The highest BCUT2D eigenvalue weighted by Gasteiger charge is 2.17. The first-order chi connectivity index (χ1) is 32.7. The second-order valence-electron chi connectivity index (χ2n) is 16.6. The standard InChI is InChI=1S/C62H42N2S2/c1-5-13-45(14-6-1)47-27-35-59-55(39-47)57-41-53(33-37-61(57)65-59)63(49-17-9-3-10-18-49)51-29-23-43(24-30-51)21-22-44-25-31-52(32-26-44)64(50-19-11-4-12-20-50)54-34-38-62-58(42-54)56-40-48(28-36-60(56)66-62)46-15-7-2-8-16-46/h1-42H/b22-21+. The van der Waals surface area contributed by atoms with E-state index in [9.17, 15) is 0 Å². The Labute approximate surface area is 392 Å². The first-order valence-corrected chi connectivity index (χ1v) is 23.9. The third-order valence-electron chi connectivity index (χ3n) is 12.4. The second-order valence-corrected chi connectivity index (χ2v) is 18.7. The van der Waals surface area contributed by atoms with Crippen molar-refractivity contribution in [2.45, 2.75) is 0 Å². The summed E-state index contributed by atoms with van der Waals surface area (Å²) in [6.45, 7) is 0. The zero-order valence-corrected chi connectivity index (χ0v) is 37.6. The molecule has 12 rings (SSSR count). The highest BCUT2D eigenvalue weighted by molar-refractivity contribution is 7.26. The molecule has 2 nitrogen and oxygen atoms in total. The lowest BCUT2D eigenvalue weighted by Gasteiger charge is -2.26. The van der Waals surface area contributed by atoms with Crippen molar-refractivity contribution in [2.75, 3.05) is 9.80 Å². The Kier molecular flexibility index (Phi) is 10.3.